The molecule has 2 saturated heterocycles. The van der Waals surface area contributed by atoms with Crippen LogP contribution < -0.4 is 5.32 Å². The number of carbonyl (C=O) groups is 1. The number of fused-ring (bicyclic) bond motifs is 1. The molecule has 0 aliphatic carbocycles. The Hall–Kier alpha value is -1.53. The Morgan fingerprint density at radius 2 is 2.08 bits per heavy atom. The van der Waals surface area contributed by atoms with Gasteiger partial charge in [-0.25, -0.2) is 4.79 Å². The molecule has 1 aromatic carbocycles. The predicted molar refractivity (Wildman–Crippen MR) is 100 cm³/mol. The standard InChI is InChI=1S/C18H23N3O2.BrH/c1-21-6-4-13(5-7-21)16-10-19-17-3-2-12(9-15(16)17)8-14-11-23-18(22)20-14;/h2-3,9-10,13-14,19H,4-8,11H2,1H3,(H,20,22);1H. The summed E-state index contributed by atoms with van der Waals surface area (Å²) < 4.78 is 4.98. The Kier molecular flexibility index (Phi) is 5.15. The molecule has 1 amide bonds. The van der Waals surface area contributed by atoms with Gasteiger partial charge in [-0.1, -0.05) is 6.07 Å². The zero-order valence-electron chi connectivity index (χ0n) is 13.9. The number of nitrogens with one attached hydrogen (secondary N) is 2. The lowest BCUT2D eigenvalue weighted by Gasteiger charge is -2.28. The van der Waals surface area contributed by atoms with E-state index in [1.165, 1.54) is 48.0 Å². The number of H-pyrrole nitrogens is 1. The first-order chi connectivity index (χ1) is 11.2. The van der Waals surface area contributed by atoms with Gasteiger partial charge in [-0.15, -0.1) is 17.0 Å². The predicted octanol–water partition coefficient (Wildman–Crippen LogP) is 3.21. The molecule has 4 rings (SSSR count). The van der Waals surface area contributed by atoms with Crippen LogP contribution in [0.1, 0.15) is 29.9 Å². The Morgan fingerprint density at radius 1 is 1.29 bits per heavy atom. The quantitative estimate of drug-likeness (QED) is 0.841. The van der Waals surface area contributed by atoms with Crippen LogP contribution in [-0.2, 0) is 11.2 Å². The molecule has 2 aromatic rings. The topological polar surface area (TPSA) is 57.4 Å². The molecule has 2 N–H and O–H groups in total. The van der Waals surface area contributed by atoms with Gasteiger partial charge in [0.2, 0.25) is 0 Å². The van der Waals surface area contributed by atoms with E-state index >= 15 is 0 Å². The van der Waals surface area contributed by atoms with Gasteiger partial charge < -0.3 is 19.9 Å². The van der Waals surface area contributed by atoms with Crippen molar-refractivity contribution in [1.82, 2.24) is 15.2 Å². The number of hydrogen-bond donors (Lipinski definition) is 2. The number of piperidine rings is 1. The third kappa shape index (κ3) is 3.44. The molecule has 3 heterocycles. The van der Waals surface area contributed by atoms with Crippen molar-refractivity contribution >= 4 is 34.0 Å². The Morgan fingerprint density at radius 3 is 2.79 bits per heavy atom. The number of nitrogens with zero attached hydrogens (tertiary/aromatic N) is 1. The number of carbonyl (C=O) groups excluding carboxylic acids is 1. The number of halogens is 1. The van der Waals surface area contributed by atoms with Crippen LogP contribution in [0.25, 0.3) is 10.9 Å². The molecule has 0 radical (unpaired) electrons. The molecule has 2 aliphatic heterocycles. The van der Waals surface area contributed by atoms with Crippen LogP contribution >= 0.6 is 17.0 Å². The molecule has 2 fully saturated rings. The van der Waals surface area contributed by atoms with Crippen molar-refractivity contribution in [1.29, 1.82) is 0 Å². The van der Waals surface area contributed by atoms with Crippen LogP contribution in [0, 0.1) is 0 Å². The van der Waals surface area contributed by atoms with Crippen molar-refractivity contribution < 1.29 is 9.53 Å². The summed E-state index contributed by atoms with van der Waals surface area (Å²) >= 11 is 0. The summed E-state index contributed by atoms with van der Waals surface area (Å²) in [4.78, 5) is 17.0. The molecule has 1 aromatic heterocycles. The second-order valence-electron chi connectivity index (χ2n) is 6.85. The molecular weight excluding hydrogens is 370 g/mol. The van der Waals surface area contributed by atoms with E-state index in [1.807, 2.05) is 0 Å². The fourth-order valence-corrected chi connectivity index (χ4v) is 3.79. The van der Waals surface area contributed by atoms with Gasteiger partial charge in [0, 0.05) is 17.1 Å². The van der Waals surface area contributed by atoms with Crippen molar-refractivity contribution in [2.24, 2.45) is 0 Å². The lowest BCUT2D eigenvalue weighted by Crippen LogP contribution is -2.29. The average Bonchev–Trinajstić information content (AvgIpc) is 3.14. The molecule has 0 saturated carbocycles. The highest BCUT2D eigenvalue weighted by Gasteiger charge is 2.24. The Balaban J connectivity index is 0.00000169. The summed E-state index contributed by atoms with van der Waals surface area (Å²) in [5.41, 5.74) is 3.90. The smallest absolute Gasteiger partial charge is 0.407 e. The molecular formula is C18H24BrN3O2. The second kappa shape index (κ2) is 7.15. The van der Waals surface area contributed by atoms with E-state index < -0.39 is 0 Å². The number of alkyl carbamates (subject to hydrolysis) is 1. The van der Waals surface area contributed by atoms with Crippen LogP contribution in [0.5, 0.6) is 0 Å². The highest BCUT2D eigenvalue weighted by atomic mass is 79.9. The van der Waals surface area contributed by atoms with E-state index in [0.29, 0.717) is 12.5 Å². The van der Waals surface area contributed by atoms with Crippen molar-refractivity contribution in [3.8, 4) is 0 Å². The van der Waals surface area contributed by atoms with E-state index in [1.54, 1.807) is 0 Å². The maximum Gasteiger partial charge on any atom is 0.407 e. The Labute approximate surface area is 152 Å². The van der Waals surface area contributed by atoms with Crippen molar-refractivity contribution in [3.05, 3.63) is 35.5 Å². The molecule has 0 bridgehead atoms. The molecule has 5 nitrogen and oxygen atoms in total. The third-order valence-corrected chi connectivity index (χ3v) is 5.16. The van der Waals surface area contributed by atoms with Crippen LogP contribution in [-0.4, -0.2) is 48.8 Å². The van der Waals surface area contributed by atoms with Crippen LogP contribution in [0.3, 0.4) is 0 Å². The van der Waals surface area contributed by atoms with Crippen LogP contribution in [0.2, 0.25) is 0 Å². The SMILES string of the molecule is Br.CN1CCC(c2c[nH]c3ccc(CC4COC(=O)N4)cc23)CC1. The van der Waals surface area contributed by atoms with E-state index in [2.05, 4.69) is 46.6 Å². The summed E-state index contributed by atoms with van der Waals surface area (Å²) in [6.45, 7) is 2.80. The number of benzene rings is 1. The molecule has 1 unspecified atom stereocenters. The van der Waals surface area contributed by atoms with E-state index in [4.69, 9.17) is 4.74 Å². The summed E-state index contributed by atoms with van der Waals surface area (Å²) in [6, 6.07) is 6.66. The number of aromatic amines is 1. The minimum atomic E-state index is -0.301. The maximum absolute atomic E-state index is 11.2. The van der Waals surface area contributed by atoms with Gasteiger partial charge in [-0.05, 0) is 68.6 Å². The minimum absolute atomic E-state index is 0. The van der Waals surface area contributed by atoms with Gasteiger partial charge in [-0.2, -0.15) is 0 Å². The number of amides is 1. The summed E-state index contributed by atoms with van der Waals surface area (Å²) in [7, 11) is 2.20. The minimum Gasteiger partial charge on any atom is -0.447 e. The first kappa shape index (κ1) is 17.3. The maximum atomic E-state index is 11.2. The molecule has 24 heavy (non-hydrogen) atoms. The molecule has 130 valence electrons. The van der Waals surface area contributed by atoms with Gasteiger partial charge in [-0.3, -0.25) is 0 Å². The van der Waals surface area contributed by atoms with E-state index in [0.717, 1.165) is 6.42 Å². The number of aromatic nitrogens is 1. The summed E-state index contributed by atoms with van der Waals surface area (Å²) in [5.74, 6) is 0.643. The molecule has 0 spiro atoms. The normalized spacial score (nSPS) is 22.2. The molecule has 6 heteroatoms. The van der Waals surface area contributed by atoms with Crippen molar-refractivity contribution in [2.75, 3.05) is 26.7 Å². The summed E-state index contributed by atoms with van der Waals surface area (Å²) in [5, 5.41) is 4.19. The lowest BCUT2D eigenvalue weighted by atomic mass is 9.89. The number of ether oxygens (including phenoxy) is 1. The van der Waals surface area contributed by atoms with E-state index in [-0.39, 0.29) is 29.1 Å². The second-order valence-corrected chi connectivity index (χ2v) is 6.85. The fourth-order valence-electron chi connectivity index (χ4n) is 3.79. The highest BCUT2D eigenvalue weighted by Crippen LogP contribution is 2.33. The van der Waals surface area contributed by atoms with Gasteiger partial charge in [0.15, 0.2) is 0 Å². The van der Waals surface area contributed by atoms with Gasteiger partial charge in [0.25, 0.3) is 0 Å². The zero-order valence-corrected chi connectivity index (χ0v) is 15.6. The first-order valence-electron chi connectivity index (χ1n) is 8.41. The van der Waals surface area contributed by atoms with Gasteiger partial charge in [0.05, 0.1) is 6.04 Å². The molecule has 1 atom stereocenters. The first-order valence-corrected chi connectivity index (χ1v) is 8.41. The lowest BCUT2D eigenvalue weighted by molar-refractivity contribution is 0.177. The van der Waals surface area contributed by atoms with Crippen molar-refractivity contribution in [3.63, 3.8) is 0 Å². The summed E-state index contributed by atoms with van der Waals surface area (Å²) in [6.07, 6.45) is 5.15. The monoisotopic (exact) mass is 393 g/mol. The Bertz CT molecular complexity index is 722. The largest absolute Gasteiger partial charge is 0.447 e. The number of likely N-dealkylation sites (tertiary alicyclic amines) is 1. The van der Waals surface area contributed by atoms with Gasteiger partial charge >= 0.3 is 6.09 Å². The van der Waals surface area contributed by atoms with Crippen LogP contribution in [0.15, 0.2) is 24.4 Å². The van der Waals surface area contributed by atoms with E-state index in [9.17, 15) is 4.79 Å². The van der Waals surface area contributed by atoms with Crippen LogP contribution in [0.4, 0.5) is 4.79 Å². The number of hydrogen-bond acceptors (Lipinski definition) is 3. The number of rotatable bonds is 3. The third-order valence-electron chi connectivity index (χ3n) is 5.16. The number of cyclic esters (lactones) is 1. The molecule has 2 aliphatic rings. The average molecular weight is 394 g/mol. The van der Waals surface area contributed by atoms with Crippen molar-refractivity contribution in [2.45, 2.75) is 31.2 Å². The zero-order chi connectivity index (χ0) is 15.8. The highest BCUT2D eigenvalue weighted by molar-refractivity contribution is 8.93. The van der Waals surface area contributed by atoms with Gasteiger partial charge in [0.1, 0.15) is 6.61 Å². The fraction of sp³-hybridized carbons (Fsp3) is 0.500.